The van der Waals surface area contributed by atoms with E-state index in [0.717, 1.165) is 0 Å². The monoisotopic (exact) mass is 150 g/mol. The molecule has 0 aromatic rings. The average Bonchev–Trinajstić information content (AvgIpc) is 1.67. The van der Waals surface area contributed by atoms with Gasteiger partial charge in [0.05, 0.1) is 0 Å². The quantitative estimate of drug-likeness (QED) is 0.476. The normalized spacial score (nSPS) is 12.0. The Bertz CT molecular complexity index is 59.5. The van der Waals surface area contributed by atoms with E-state index in [1.54, 1.807) is 10.8 Å². The molecule has 0 spiro atoms. The van der Waals surface area contributed by atoms with Crippen LogP contribution in [0.2, 0.25) is 0 Å². The molecule has 0 N–H and O–H groups in total. The zero-order valence-corrected chi connectivity index (χ0v) is 7.48. The third-order valence-corrected chi connectivity index (χ3v) is 3.28. The van der Waals surface area contributed by atoms with Gasteiger partial charge in [-0.05, 0) is 20.3 Å². The Morgan fingerprint density at radius 2 is 2.00 bits per heavy atom. The van der Waals surface area contributed by atoms with Gasteiger partial charge in [-0.25, -0.2) is 0 Å². The van der Waals surface area contributed by atoms with E-state index in [-0.39, 0.29) is 0 Å². The van der Waals surface area contributed by atoms with Crippen LogP contribution >= 0.6 is 22.5 Å². The molecule has 0 aromatic carbocycles. The topological polar surface area (TPSA) is 0 Å². The van der Waals surface area contributed by atoms with Crippen molar-refractivity contribution in [2.75, 3.05) is 0 Å². The lowest BCUT2D eigenvalue weighted by atomic mass is 10.1. The van der Waals surface area contributed by atoms with Crippen LogP contribution in [0.5, 0.6) is 0 Å². The van der Waals surface area contributed by atoms with Gasteiger partial charge in [-0.15, -0.1) is 11.7 Å². The van der Waals surface area contributed by atoms with Gasteiger partial charge in [-0.1, -0.05) is 24.1 Å². The Kier molecular flexibility index (Phi) is 4.00. The Labute approximate surface area is 61.2 Å². The van der Waals surface area contributed by atoms with E-state index in [4.69, 9.17) is 0 Å². The first-order valence-corrected chi connectivity index (χ1v) is 4.82. The molecule has 0 aromatic heterocycles. The summed E-state index contributed by atoms with van der Waals surface area (Å²) in [6.45, 7) is 6.63. The molecule has 8 heavy (non-hydrogen) atoms. The predicted octanol–water partition coefficient (Wildman–Crippen LogP) is 3.14. The van der Waals surface area contributed by atoms with Crippen molar-refractivity contribution >= 4 is 22.5 Å². The Morgan fingerprint density at radius 1 is 1.50 bits per heavy atom. The van der Waals surface area contributed by atoms with Crippen LogP contribution in [0.4, 0.5) is 0 Å². The van der Waals surface area contributed by atoms with Crippen molar-refractivity contribution in [3.63, 3.8) is 0 Å². The van der Waals surface area contributed by atoms with Crippen LogP contribution in [-0.2, 0) is 0 Å². The molecule has 0 unspecified atom stereocenters. The highest BCUT2D eigenvalue weighted by Gasteiger charge is 2.13. The van der Waals surface area contributed by atoms with E-state index < -0.39 is 0 Å². The van der Waals surface area contributed by atoms with Crippen molar-refractivity contribution in [1.29, 1.82) is 0 Å². The molecule has 50 valence electrons. The second-order valence-electron chi connectivity index (χ2n) is 2.60. The van der Waals surface area contributed by atoms with Gasteiger partial charge in [0.2, 0.25) is 0 Å². The third-order valence-electron chi connectivity index (χ3n) is 1.10. The molecule has 0 saturated carbocycles. The van der Waals surface area contributed by atoms with Gasteiger partial charge in [0.25, 0.3) is 0 Å². The minimum Gasteiger partial charge on any atom is -0.111 e. The molecule has 0 nitrogen and oxygen atoms in total. The molecular formula is C6H14S2. The van der Waals surface area contributed by atoms with Gasteiger partial charge in [-0.3, -0.25) is 0 Å². The van der Waals surface area contributed by atoms with Gasteiger partial charge in [0, 0.05) is 4.75 Å². The highest BCUT2D eigenvalue weighted by Crippen LogP contribution is 2.31. The first kappa shape index (κ1) is 8.70. The number of hydrogen-bond acceptors (Lipinski definition) is 2. The van der Waals surface area contributed by atoms with Gasteiger partial charge in [-0.2, -0.15) is 0 Å². The zero-order chi connectivity index (χ0) is 6.62. The Balaban J connectivity index is 3.37. The van der Waals surface area contributed by atoms with Crippen LogP contribution in [0.3, 0.4) is 0 Å². The summed E-state index contributed by atoms with van der Waals surface area (Å²) >= 11 is 4.15. The maximum absolute atomic E-state index is 4.15. The number of thiol groups is 1. The minimum atomic E-state index is 0.373. The van der Waals surface area contributed by atoms with Crippen molar-refractivity contribution < 1.29 is 0 Å². The maximum Gasteiger partial charge on any atom is 0.0204 e. The minimum absolute atomic E-state index is 0.373. The van der Waals surface area contributed by atoms with Crippen molar-refractivity contribution in [2.24, 2.45) is 0 Å². The summed E-state index contributed by atoms with van der Waals surface area (Å²) in [5.41, 5.74) is 0. The molecule has 0 rings (SSSR count). The lowest BCUT2D eigenvalue weighted by molar-refractivity contribution is 0.631. The fourth-order valence-corrected chi connectivity index (χ4v) is 1.22. The first-order valence-electron chi connectivity index (χ1n) is 2.95. The van der Waals surface area contributed by atoms with Crippen molar-refractivity contribution in [2.45, 2.75) is 38.4 Å². The molecule has 0 aliphatic heterocycles. The molecule has 0 aliphatic rings. The van der Waals surface area contributed by atoms with Crippen LogP contribution in [0.1, 0.15) is 33.6 Å². The third kappa shape index (κ3) is 3.67. The van der Waals surface area contributed by atoms with Gasteiger partial charge in [0.15, 0.2) is 0 Å². The van der Waals surface area contributed by atoms with E-state index in [0.29, 0.717) is 4.75 Å². The lowest BCUT2D eigenvalue weighted by Gasteiger charge is -2.18. The summed E-state index contributed by atoms with van der Waals surface area (Å²) < 4.78 is 0.373. The maximum atomic E-state index is 4.15. The lowest BCUT2D eigenvalue weighted by Crippen LogP contribution is -2.10. The van der Waals surface area contributed by atoms with Crippen LogP contribution in [-0.4, -0.2) is 4.75 Å². The van der Waals surface area contributed by atoms with Crippen molar-refractivity contribution in [3.05, 3.63) is 0 Å². The standard InChI is InChI=1S/C6H14S2/c1-4-5-6(2,3)8-7/h7H,4-5H2,1-3H3. The van der Waals surface area contributed by atoms with E-state index in [1.165, 1.54) is 12.8 Å². The Morgan fingerprint density at radius 3 is 2.12 bits per heavy atom. The largest absolute Gasteiger partial charge is 0.111 e. The number of hydrogen-bond donors (Lipinski definition) is 1. The van der Waals surface area contributed by atoms with Gasteiger partial charge < -0.3 is 0 Å². The highest BCUT2D eigenvalue weighted by molar-refractivity contribution is 8.69. The molecule has 0 heterocycles. The highest BCUT2D eigenvalue weighted by atomic mass is 33.1. The summed E-state index contributed by atoms with van der Waals surface area (Å²) in [6, 6.07) is 0. The zero-order valence-electron chi connectivity index (χ0n) is 5.77. The fraction of sp³-hybridized carbons (Fsp3) is 1.00. The first-order chi connectivity index (χ1) is 3.62. The van der Waals surface area contributed by atoms with E-state index in [2.05, 4.69) is 32.4 Å². The molecule has 0 fully saturated rings. The summed E-state index contributed by atoms with van der Waals surface area (Å²) in [7, 11) is 1.65. The van der Waals surface area contributed by atoms with Crippen LogP contribution in [0.15, 0.2) is 0 Å². The van der Waals surface area contributed by atoms with Gasteiger partial charge >= 0.3 is 0 Å². The smallest absolute Gasteiger partial charge is 0.0204 e. The van der Waals surface area contributed by atoms with Crippen LogP contribution < -0.4 is 0 Å². The molecule has 0 atom stereocenters. The fourth-order valence-electron chi connectivity index (χ4n) is 0.648. The SMILES string of the molecule is CCCC(C)(C)SS. The summed E-state index contributed by atoms with van der Waals surface area (Å²) in [4.78, 5) is 0. The molecule has 0 amide bonds. The summed E-state index contributed by atoms with van der Waals surface area (Å²) in [5.74, 6) is 0. The molecule has 0 aliphatic carbocycles. The second kappa shape index (κ2) is 3.67. The number of rotatable bonds is 3. The van der Waals surface area contributed by atoms with E-state index in [1.807, 2.05) is 0 Å². The average molecular weight is 150 g/mol. The van der Waals surface area contributed by atoms with Crippen LogP contribution in [0.25, 0.3) is 0 Å². The summed E-state index contributed by atoms with van der Waals surface area (Å²) in [6.07, 6.45) is 2.50. The van der Waals surface area contributed by atoms with Crippen LogP contribution in [0, 0.1) is 0 Å². The molecular weight excluding hydrogens is 136 g/mol. The van der Waals surface area contributed by atoms with Crippen molar-refractivity contribution in [1.82, 2.24) is 0 Å². The molecule has 2 heteroatoms. The molecule has 0 saturated heterocycles. The van der Waals surface area contributed by atoms with Crippen molar-refractivity contribution in [3.8, 4) is 0 Å². The predicted molar refractivity (Wildman–Crippen MR) is 45.6 cm³/mol. The van der Waals surface area contributed by atoms with E-state index >= 15 is 0 Å². The molecule has 0 radical (unpaired) electrons. The summed E-state index contributed by atoms with van der Waals surface area (Å²) in [5, 5.41) is 0. The molecule has 0 bridgehead atoms. The van der Waals surface area contributed by atoms with Gasteiger partial charge in [0.1, 0.15) is 0 Å². The second-order valence-corrected chi connectivity index (χ2v) is 4.44. The van der Waals surface area contributed by atoms with E-state index in [9.17, 15) is 0 Å². The Hall–Kier alpha value is 0.700.